The molecule has 7 aliphatic carbocycles. The van der Waals surface area contributed by atoms with E-state index in [-0.39, 0.29) is 10.8 Å². The predicted octanol–water partition coefficient (Wildman–Crippen LogP) is 20.6. The monoisotopic (exact) mass is 1030 g/mol. The molecule has 1 unspecified atom stereocenters. The van der Waals surface area contributed by atoms with Crippen molar-refractivity contribution in [1.82, 2.24) is 0 Å². The van der Waals surface area contributed by atoms with Crippen LogP contribution in [0.5, 0.6) is 0 Å². The minimum Gasteiger partial charge on any atom is -0.455 e. The quantitative estimate of drug-likeness (QED) is 0.175. The van der Waals surface area contributed by atoms with Crippen molar-refractivity contribution in [3.05, 3.63) is 239 Å². The van der Waals surface area contributed by atoms with Crippen molar-refractivity contribution in [3.8, 4) is 33.4 Å². The molecule has 0 radical (unpaired) electrons. The van der Waals surface area contributed by atoms with Crippen LogP contribution in [0.1, 0.15) is 91.8 Å². The van der Waals surface area contributed by atoms with Crippen molar-refractivity contribution >= 4 is 87.6 Å². The van der Waals surface area contributed by atoms with Crippen LogP contribution >= 0.6 is 11.3 Å². The number of nitrogens with zero attached hydrogens (tertiary/aromatic N) is 2. The Morgan fingerprint density at radius 2 is 1.01 bits per heavy atom. The van der Waals surface area contributed by atoms with Crippen molar-refractivity contribution in [2.45, 2.75) is 69.1 Å². The van der Waals surface area contributed by atoms with E-state index in [4.69, 9.17) is 4.42 Å². The van der Waals surface area contributed by atoms with Gasteiger partial charge in [0.15, 0.2) is 0 Å². The molecule has 378 valence electrons. The van der Waals surface area contributed by atoms with E-state index < -0.39 is 5.41 Å². The molecule has 8 aliphatic rings. The second-order valence-corrected chi connectivity index (χ2v) is 26.3. The number of benzene rings is 10. The van der Waals surface area contributed by atoms with Gasteiger partial charge < -0.3 is 14.2 Å². The SMILES string of the molecule is CC1(C)c2ccccc2-c2cccc(N(c3ccccc3)c3ccc4c(c3)sc3c5c(ccc34)-c3ccc4c(oc6c7c(ccc64)N(c4ccccc4)c4cccc6c4C7(C)c4ccccc4-6)c3C53C4CC5CC(C4)CC3C5)c21. The molecule has 20 rings (SSSR count). The van der Waals surface area contributed by atoms with Crippen molar-refractivity contribution < 1.29 is 4.42 Å². The van der Waals surface area contributed by atoms with Crippen LogP contribution in [0, 0.1) is 23.7 Å². The Kier molecular flexibility index (Phi) is 8.27. The summed E-state index contributed by atoms with van der Waals surface area (Å²) >= 11 is 2.05. The van der Waals surface area contributed by atoms with E-state index in [1.807, 2.05) is 0 Å². The van der Waals surface area contributed by atoms with Gasteiger partial charge in [0.25, 0.3) is 0 Å². The smallest absolute Gasteiger partial charge is 0.141 e. The van der Waals surface area contributed by atoms with Gasteiger partial charge in [0.05, 0.1) is 22.5 Å². The molecule has 4 saturated carbocycles. The van der Waals surface area contributed by atoms with Gasteiger partial charge in [-0.3, -0.25) is 0 Å². The molecule has 3 heterocycles. The van der Waals surface area contributed by atoms with Crippen LogP contribution in [-0.2, 0) is 16.2 Å². The standard InChI is InChI=1S/C75H56N2OS/c1-73(2)59-24-12-10-20-49(59)52-22-14-26-61(65(52)73)76(46-16-6-4-7-17-46)48-28-29-51-58-33-31-55-54-30-32-56-57-34-35-63-69(74(3)60-25-13-11-21-50(60)53-23-15-27-62(66(53)74)77(63)47-18-8-5-9-19-47)71(57)78-70(56)67(54)75(68(55)72(58)79-64(51)41-48)44-37-42-36-43(39-44)40-45(75)38-42/h4-35,41-45H,36-40H2,1-3H3. The van der Waals surface area contributed by atoms with E-state index in [9.17, 15) is 0 Å². The Morgan fingerprint density at radius 3 is 1.77 bits per heavy atom. The summed E-state index contributed by atoms with van der Waals surface area (Å²) in [5.41, 5.74) is 26.7. The highest BCUT2D eigenvalue weighted by Gasteiger charge is 2.63. The van der Waals surface area contributed by atoms with Gasteiger partial charge in [-0.15, -0.1) is 11.3 Å². The van der Waals surface area contributed by atoms with Gasteiger partial charge in [-0.1, -0.05) is 147 Å². The predicted molar refractivity (Wildman–Crippen MR) is 328 cm³/mol. The highest BCUT2D eigenvalue weighted by molar-refractivity contribution is 7.26. The van der Waals surface area contributed by atoms with Gasteiger partial charge in [0, 0.05) is 70.0 Å². The van der Waals surface area contributed by atoms with E-state index >= 15 is 0 Å². The molecule has 0 N–H and O–H groups in total. The summed E-state index contributed by atoms with van der Waals surface area (Å²) in [5, 5.41) is 5.24. The molecule has 3 nitrogen and oxygen atoms in total. The van der Waals surface area contributed by atoms with E-state index in [1.54, 1.807) is 5.56 Å². The zero-order chi connectivity index (χ0) is 51.8. The summed E-state index contributed by atoms with van der Waals surface area (Å²) in [6, 6.07) is 76.3. The van der Waals surface area contributed by atoms with Crippen LogP contribution < -0.4 is 9.80 Å². The molecule has 12 aromatic rings. The summed E-state index contributed by atoms with van der Waals surface area (Å²) in [6.45, 7) is 7.31. The van der Waals surface area contributed by atoms with Gasteiger partial charge >= 0.3 is 0 Å². The fourth-order valence-electron chi connectivity index (χ4n) is 18.7. The summed E-state index contributed by atoms with van der Waals surface area (Å²) in [6.07, 6.45) is 6.62. The van der Waals surface area contributed by atoms with E-state index in [1.165, 1.54) is 164 Å². The Hall–Kier alpha value is -8.18. The van der Waals surface area contributed by atoms with Gasteiger partial charge in [0.2, 0.25) is 0 Å². The number of thiophene rings is 1. The summed E-state index contributed by atoms with van der Waals surface area (Å²) < 4.78 is 10.9. The first kappa shape index (κ1) is 43.8. The van der Waals surface area contributed by atoms with Crippen LogP contribution in [0.25, 0.3) is 75.5 Å². The minimum absolute atomic E-state index is 0.143. The van der Waals surface area contributed by atoms with E-state index in [2.05, 4.69) is 242 Å². The van der Waals surface area contributed by atoms with Crippen LogP contribution in [0.15, 0.2) is 205 Å². The van der Waals surface area contributed by atoms with Crippen molar-refractivity contribution in [2.24, 2.45) is 23.7 Å². The lowest BCUT2D eigenvalue weighted by Crippen LogP contribution is -2.55. The van der Waals surface area contributed by atoms with Crippen molar-refractivity contribution in [3.63, 3.8) is 0 Å². The molecule has 1 aliphatic heterocycles. The molecule has 2 aromatic heterocycles. The zero-order valence-electron chi connectivity index (χ0n) is 44.6. The topological polar surface area (TPSA) is 19.6 Å². The molecular weight excluding hydrogens is 977 g/mol. The first-order valence-electron chi connectivity index (χ1n) is 29.0. The minimum atomic E-state index is -0.428. The third-order valence-corrected chi connectivity index (χ3v) is 22.5. The lowest BCUT2D eigenvalue weighted by molar-refractivity contribution is -0.0390. The van der Waals surface area contributed by atoms with Crippen LogP contribution in [-0.4, -0.2) is 0 Å². The van der Waals surface area contributed by atoms with Crippen LogP contribution in [0.3, 0.4) is 0 Å². The van der Waals surface area contributed by atoms with Crippen molar-refractivity contribution in [2.75, 3.05) is 9.80 Å². The molecule has 1 atom stereocenters. The number of hydrogen-bond acceptors (Lipinski definition) is 4. The number of anilines is 6. The molecular formula is C75H56N2OS. The maximum Gasteiger partial charge on any atom is 0.141 e. The summed E-state index contributed by atoms with van der Waals surface area (Å²) in [5.74, 6) is 2.75. The van der Waals surface area contributed by atoms with Crippen LogP contribution in [0.4, 0.5) is 34.1 Å². The fraction of sp³-hybridized carbons (Fsp3) is 0.200. The number of hydrogen-bond donors (Lipinski definition) is 0. The number of rotatable bonds is 4. The van der Waals surface area contributed by atoms with E-state index in [0.29, 0.717) is 11.8 Å². The molecule has 0 saturated heterocycles. The first-order valence-corrected chi connectivity index (χ1v) is 29.8. The average molecular weight is 1030 g/mol. The van der Waals surface area contributed by atoms with Crippen molar-refractivity contribution in [1.29, 1.82) is 0 Å². The molecule has 0 amide bonds. The molecule has 1 spiro atoms. The Labute approximate surface area is 464 Å². The van der Waals surface area contributed by atoms with Gasteiger partial charge in [-0.2, -0.15) is 0 Å². The summed E-state index contributed by atoms with van der Waals surface area (Å²) in [7, 11) is 0. The van der Waals surface area contributed by atoms with Gasteiger partial charge in [-0.05, 0) is 191 Å². The molecule has 4 fully saturated rings. The Morgan fingerprint density at radius 1 is 0.443 bits per heavy atom. The second kappa shape index (κ2) is 14.9. The highest BCUT2D eigenvalue weighted by Crippen LogP contribution is 2.73. The average Bonchev–Trinajstić information content (AvgIpc) is 4.22. The highest BCUT2D eigenvalue weighted by atomic mass is 32.1. The normalized spacial score (nSPS) is 23.6. The third kappa shape index (κ3) is 5.23. The molecule has 79 heavy (non-hydrogen) atoms. The number of fused-ring (bicyclic) bond motifs is 20. The summed E-state index contributed by atoms with van der Waals surface area (Å²) in [4.78, 5) is 5.05. The van der Waals surface area contributed by atoms with Gasteiger partial charge in [0.1, 0.15) is 11.2 Å². The maximum atomic E-state index is 8.03. The largest absolute Gasteiger partial charge is 0.455 e. The number of furan rings is 1. The van der Waals surface area contributed by atoms with Gasteiger partial charge in [-0.25, -0.2) is 0 Å². The first-order chi connectivity index (χ1) is 38.8. The number of para-hydroxylation sites is 2. The maximum absolute atomic E-state index is 8.03. The Bertz CT molecular complexity index is 4660. The molecule has 4 heteroatoms. The van der Waals surface area contributed by atoms with E-state index in [0.717, 1.165) is 23.0 Å². The molecule has 4 bridgehead atoms. The zero-order valence-corrected chi connectivity index (χ0v) is 45.4. The lowest BCUT2D eigenvalue weighted by atomic mass is 9.43. The van der Waals surface area contributed by atoms with Crippen LogP contribution in [0.2, 0.25) is 0 Å². The third-order valence-electron chi connectivity index (χ3n) is 21.3. The fourth-order valence-corrected chi connectivity index (χ4v) is 20.0. The second-order valence-electron chi connectivity index (χ2n) is 25.2. The Balaban J connectivity index is 0.848. The lowest BCUT2D eigenvalue weighted by Gasteiger charge is -2.61. The molecule has 10 aromatic carbocycles.